The van der Waals surface area contributed by atoms with Crippen LogP contribution < -0.4 is 10.1 Å². The summed E-state index contributed by atoms with van der Waals surface area (Å²) in [5.74, 6) is 0.376. The van der Waals surface area contributed by atoms with E-state index >= 15 is 0 Å². The maximum absolute atomic E-state index is 13.2. The number of ether oxygens (including phenoxy) is 1. The first-order valence-electron chi connectivity index (χ1n) is 11.2. The second-order valence-electron chi connectivity index (χ2n) is 8.73. The zero-order chi connectivity index (χ0) is 22.4. The van der Waals surface area contributed by atoms with Crippen LogP contribution in [0.4, 0.5) is 0 Å². The SMILES string of the molecule is Cc1cc(C)cc(OCC(=O)N(Cc2ccccc2C)[C@@H](C)C(=O)NC2CCCC2)c1. The molecule has 0 heterocycles. The third-order valence-corrected chi connectivity index (χ3v) is 6.03. The summed E-state index contributed by atoms with van der Waals surface area (Å²) in [5.41, 5.74) is 4.30. The lowest BCUT2D eigenvalue weighted by molar-refractivity contribution is -0.142. The summed E-state index contributed by atoms with van der Waals surface area (Å²) in [4.78, 5) is 27.8. The Morgan fingerprint density at radius 2 is 1.71 bits per heavy atom. The minimum Gasteiger partial charge on any atom is -0.484 e. The minimum atomic E-state index is -0.574. The summed E-state index contributed by atoms with van der Waals surface area (Å²) >= 11 is 0. The fourth-order valence-electron chi connectivity index (χ4n) is 4.19. The van der Waals surface area contributed by atoms with Crippen molar-refractivity contribution in [2.75, 3.05) is 6.61 Å². The van der Waals surface area contributed by atoms with Crippen LogP contribution in [-0.2, 0) is 16.1 Å². The van der Waals surface area contributed by atoms with E-state index in [2.05, 4.69) is 11.4 Å². The molecule has 0 bridgehead atoms. The third-order valence-electron chi connectivity index (χ3n) is 6.03. The molecule has 3 rings (SSSR count). The molecule has 1 fully saturated rings. The van der Waals surface area contributed by atoms with Gasteiger partial charge in [-0.1, -0.05) is 43.2 Å². The minimum absolute atomic E-state index is 0.0970. The first kappa shape index (κ1) is 22.9. The number of hydrogen-bond donors (Lipinski definition) is 1. The summed E-state index contributed by atoms with van der Waals surface area (Å²) in [5, 5.41) is 3.13. The third kappa shape index (κ3) is 6.33. The number of aryl methyl sites for hydroxylation is 3. The van der Waals surface area contributed by atoms with Gasteiger partial charge in [-0.2, -0.15) is 0 Å². The molecule has 2 aromatic rings. The van der Waals surface area contributed by atoms with Gasteiger partial charge in [-0.25, -0.2) is 0 Å². The highest BCUT2D eigenvalue weighted by molar-refractivity contribution is 5.88. The van der Waals surface area contributed by atoms with E-state index in [0.717, 1.165) is 47.9 Å². The van der Waals surface area contributed by atoms with E-state index in [4.69, 9.17) is 4.74 Å². The van der Waals surface area contributed by atoms with Crippen LogP contribution in [0.2, 0.25) is 0 Å². The summed E-state index contributed by atoms with van der Waals surface area (Å²) in [6.45, 7) is 8.10. The zero-order valence-corrected chi connectivity index (χ0v) is 19.1. The normalized spacial score (nSPS) is 14.8. The van der Waals surface area contributed by atoms with E-state index in [1.807, 2.05) is 57.2 Å². The molecule has 0 spiro atoms. The Hall–Kier alpha value is -2.82. The van der Waals surface area contributed by atoms with Crippen LogP contribution in [0.15, 0.2) is 42.5 Å². The van der Waals surface area contributed by atoms with Crippen LogP contribution in [0.1, 0.15) is 54.9 Å². The molecule has 31 heavy (non-hydrogen) atoms. The topological polar surface area (TPSA) is 58.6 Å². The molecule has 0 unspecified atom stereocenters. The molecule has 0 radical (unpaired) electrons. The van der Waals surface area contributed by atoms with Gasteiger partial charge in [0.25, 0.3) is 5.91 Å². The van der Waals surface area contributed by atoms with Crippen LogP contribution in [0.3, 0.4) is 0 Å². The molecule has 1 saturated carbocycles. The zero-order valence-electron chi connectivity index (χ0n) is 19.1. The van der Waals surface area contributed by atoms with Crippen molar-refractivity contribution in [3.05, 3.63) is 64.7 Å². The largest absolute Gasteiger partial charge is 0.484 e. The van der Waals surface area contributed by atoms with Crippen molar-refractivity contribution in [3.63, 3.8) is 0 Å². The van der Waals surface area contributed by atoms with Crippen LogP contribution in [0.5, 0.6) is 5.75 Å². The highest BCUT2D eigenvalue weighted by Crippen LogP contribution is 2.20. The van der Waals surface area contributed by atoms with Crippen LogP contribution in [0, 0.1) is 20.8 Å². The lowest BCUT2D eigenvalue weighted by Gasteiger charge is -2.30. The standard InChI is InChI=1S/C26H34N2O3/c1-18-13-19(2)15-24(14-18)31-17-25(29)28(16-22-10-6-5-9-20(22)3)21(4)26(30)27-23-11-7-8-12-23/h5-6,9-10,13-15,21,23H,7-8,11-12,16-17H2,1-4H3,(H,27,30)/t21-/m0/s1. The first-order chi connectivity index (χ1) is 14.8. The van der Waals surface area contributed by atoms with Crippen molar-refractivity contribution in [1.82, 2.24) is 10.2 Å². The van der Waals surface area contributed by atoms with Gasteiger partial charge < -0.3 is 15.0 Å². The predicted molar refractivity (Wildman–Crippen MR) is 123 cm³/mol. The van der Waals surface area contributed by atoms with Crippen LogP contribution >= 0.6 is 0 Å². The monoisotopic (exact) mass is 422 g/mol. The summed E-state index contributed by atoms with van der Waals surface area (Å²) in [6, 6.07) is 13.5. The molecule has 1 aliphatic rings. The summed E-state index contributed by atoms with van der Waals surface area (Å²) in [7, 11) is 0. The molecule has 5 heteroatoms. The van der Waals surface area contributed by atoms with Gasteiger partial charge >= 0.3 is 0 Å². The maximum atomic E-state index is 13.2. The van der Waals surface area contributed by atoms with Gasteiger partial charge in [0.05, 0.1) is 0 Å². The van der Waals surface area contributed by atoms with E-state index in [1.54, 1.807) is 11.8 Å². The molecule has 0 saturated heterocycles. The Balaban J connectivity index is 1.74. The molecule has 1 N–H and O–H groups in total. The molecule has 166 valence electrons. The number of benzene rings is 2. The first-order valence-corrected chi connectivity index (χ1v) is 11.2. The predicted octanol–water partition coefficient (Wildman–Crippen LogP) is 4.47. The van der Waals surface area contributed by atoms with Crippen molar-refractivity contribution < 1.29 is 14.3 Å². The van der Waals surface area contributed by atoms with Gasteiger partial charge in [0.1, 0.15) is 11.8 Å². The van der Waals surface area contributed by atoms with E-state index in [0.29, 0.717) is 12.3 Å². The molecule has 0 aliphatic heterocycles. The number of nitrogens with one attached hydrogen (secondary N) is 1. The quantitative estimate of drug-likeness (QED) is 0.683. The Morgan fingerprint density at radius 1 is 1.06 bits per heavy atom. The molecular weight excluding hydrogens is 388 g/mol. The smallest absolute Gasteiger partial charge is 0.261 e. The Morgan fingerprint density at radius 3 is 2.35 bits per heavy atom. The molecule has 1 aliphatic carbocycles. The van der Waals surface area contributed by atoms with Crippen molar-refractivity contribution in [1.29, 1.82) is 0 Å². The lowest BCUT2D eigenvalue weighted by Crippen LogP contribution is -2.50. The lowest BCUT2D eigenvalue weighted by atomic mass is 10.1. The van der Waals surface area contributed by atoms with Crippen molar-refractivity contribution >= 4 is 11.8 Å². The van der Waals surface area contributed by atoms with Gasteiger partial charge in [-0.3, -0.25) is 9.59 Å². The van der Waals surface area contributed by atoms with Crippen molar-refractivity contribution in [2.45, 2.75) is 72.0 Å². The van der Waals surface area contributed by atoms with Gasteiger partial charge in [0, 0.05) is 12.6 Å². The maximum Gasteiger partial charge on any atom is 0.261 e. The Kier molecular flexibility index (Phi) is 7.72. The van der Waals surface area contributed by atoms with Gasteiger partial charge in [0.2, 0.25) is 5.91 Å². The molecule has 2 aromatic carbocycles. The second-order valence-corrected chi connectivity index (χ2v) is 8.73. The fraction of sp³-hybridized carbons (Fsp3) is 0.462. The van der Waals surface area contributed by atoms with E-state index in [9.17, 15) is 9.59 Å². The molecule has 0 aromatic heterocycles. The van der Waals surface area contributed by atoms with Crippen LogP contribution in [-0.4, -0.2) is 35.4 Å². The highest BCUT2D eigenvalue weighted by Gasteiger charge is 2.29. The second kappa shape index (κ2) is 10.5. The van der Waals surface area contributed by atoms with E-state index in [-0.39, 0.29) is 24.5 Å². The number of hydrogen-bond acceptors (Lipinski definition) is 3. The van der Waals surface area contributed by atoms with E-state index in [1.165, 1.54) is 0 Å². The Labute approximate surface area is 185 Å². The summed E-state index contributed by atoms with van der Waals surface area (Å²) < 4.78 is 5.82. The van der Waals surface area contributed by atoms with Gasteiger partial charge in [-0.05, 0) is 74.9 Å². The van der Waals surface area contributed by atoms with Gasteiger partial charge in [0.15, 0.2) is 6.61 Å². The summed E-state index contributed by atoms with van der Waals surface area (Å²) in [6.07, 6.45) is 4.32. The Bertz CT molecular complexity index is 898. The number of carbonyl (C=O) groups excluding carboxylic acids is 2. The van der Waals surface area contributed by atoms with Crippen molar-refractivity contribution in [3.8, 4) is 5.75 Å². The van der Waals surface area contributed by atoms with Gasteiger partial charge in [-0.15, -0.1) is 0 Å². The average Bonchev–Trinajstić information content (AvgIpc) is 3.23. The number of nitrogens with zero attached hydrogens (tertiary/aromatic N) is 1. The fourth-order valence-corrected chi connectivity index (χ4v) is 4.19. The van der Waals surface area contributed by atoms with Crippen molar-refractivity contribution in [2.24, 2.45) is 0 Å². The molecule has 5 nitrogen and oxygen atoms in total. The molecule has 2 amide bonds. The number of amides is 2. The van der Waals surface area contributed by atoms with E-state index < -0.39 is 6.04 Å². The highest BCUT2D eigenvalue weighted by atomic mass is 16.5. The molecule has 1 atom stereocenters. The molecular formula is C26H34N2O3. The van der Waals surface area contributed by atoms with Crippen LogP contribution in [0.25, 0.3) is 0 Å². The number of rotatable bonds is 8. The number of carbonyl (C=O) groups is 2. The average molecular weight is 423 g/mol.